The Balaban J connectivity index is 2.02. The summed E-state index contributed by atoms with van der Waals surface area (Å²) in [6, 6.07) is 6.32. The number of imidazole rings is 1. The predicted octanol–water partition coefficient (Wildman–Crippen LogP) is 2.44. The van der Waals surface area contributed by atoms with Gasteiger partial charge in [0.05, 0.1) is 11.9 Å². The van der Waals surface area contributed by atoms with Gasteiger partial charge in [-0.2, -0.15) is 0 Å². The van der Waals surface area contributed by atoms with Gasteiger partial charge in [-0.25, -0.2) is 9.37 Å². The lowest BCUT2D eigenvalue weighted by atomic mass is 10.3. The van der Waals surface area contributed by atoms with Gasteiger partial charge in [-0.15, -0.1) is 0 Å². The first-order chi connectivity index (χ1) is 7.25. The van der Waals surface area contributed by atoms with Crippen molar-refractivity contribution in [1.82, 2.24) is 9.97 Å². The Morgan fingerprint density at radius 3 is 2.87 bits per heavy atom. The molecule has 0 unspecified atom stereocenters. The SMILES string of the molecule is Cc1ncc(COc2ccccc2F)[nH]1. The second-order valence-electron chi connectivity index (χ2n) is 3.21. The zero-order valence-corrected chi connectivity index (χ0v) is 8.33. The molecule has 0 saturated heterocycles. The van der Waals surface area contributed by atoms with Crippen LogP contribution in [-0.2, 0) is 6.61 Å². The third-order valence-electron chi connectivity index (χ3n) is 1.98. The summed E-state index contributed by atoms with van der Waals surface area (Å²) in [5.74, 6) is 0.723. The molecule has 0 fully saturated rings. The number of rotatable bonds is 3. The van der Waals surface area contributed by atoms with Crippen LogP contribution in [0.25, 0.3) is 0 Å². The molecule has 1 aromatic heterocycles. The Kier molecular flexibility index (Phi) is 2.67. The van der Waals surface area contributed by atoms with Crippen LogP contribution >= 0.6 is 0 Å². The van der Waals surface area contributed by atoms with Crippen molar-refractivity contribution in [3.05, 3.63) is 47.8 Å². The fourth-order valence-corrected chi connectivity index (χ4v) is 1.26. The average molecular weight is 206 g/mol. The normalized spacial score (nSPS) is 10.3. The molecule has 1 aromatic carbocycles. The highest BCUT2D eigenvalue weighted by atomic mass is 19.1. The molecule has 0 bridgehead atoms. The molecule has 1 heterocycles. The number of benzene rings is 1. The van der Waals surface area contributed by atoms with Crippen molar-refractivity contribution in [2.24, 2.45) is 0 Å². The summed E-state index contributed by atoms with van der Waals surface area (Å²) in [6.45, 7) is 2.15. The van der Waals surface area contributed by atoms with Crippen molar-refractivity contribution in [3.8, 4) is 5.75 Å². The first kappa shape index (κ1) is 9.71. The molecule has 1 N–H and O–H groups in total. The van der Waals surface area contributed by atoms with Crippen LogP contribution in [0.5, 0.6) is 5.75 Å². The van der Waals surface area contributed by atoms with E-state index in [9.17, 15) is 4.39 Å². The molecule has 0 atom stereocenters. The van der Waals surface area contributed by atoms with Gasteiger partial charge in [0.2, 0.25) is 0 Å². The van der Waals surface area contributed by atoms with Crippen LogP contribution in [0.15, 0.2) is 30.5 Å². The second-order valence-corrected chi connectivity index (χ2v) is 3.21. The van der Waals surface area contributed by atoms with E-state index in [4.69, 9.17) is 4.74 Å². The third kappa shape index (κ3) is 2.34. The molecule has 2 rings (SSSR count). The molecule has 0 spiro atoms. The van der Waals surface area contributed by atoms with Gasteiger partial charge in [-0.3, -0.25) is 0 Å². The Morgan fingerprint density at radius 1 is 1.40 bits per heavy atom. The molecule has 0 aliphatic rings. The first-order valence-electron chi connectivity index (χ1n) is 4.63. The number of halogens is 1. The lowest BCUT2D eigenvalue weighted by molar-refractivity contribution is 0.286. The van der Waals surface area contributed by atoms with Gasteiger partial charge in [0.1, 0.15) is 12.4 Å². The van der Waals surface area contributed by atoms with Gasteiger partial charge < -0.3 is 9.72 Å². The van der Waals surface area contributed by atoms with E-state index in [0.29, 0.717) is 6.61 Å². The van der Waals surface area contributed by atoms with Gasteiger partial charge >= 0.3 is 0 Å². The predicted molar refractivity (Wildman–Crippen MR) is 54.1 cm³/mol. The fraction of sp³-hybridized carbons (Fsp3) is 0.182. The van der Waals surface area contributed by atoms with E-state index in [-0.39, 0.29) is 11.6 Å². The van der Waals surface area contributed by atoms with E-state index >= 15 is 0 Å². The second kappa shape index (κ2) is 4.13. The first-order valence-corrected chi connectivity index (χ1v) is 4.63. The maximum atomic E-state index is 13.1. The summed E-state index contributed by atoms with van der Waals surface area (Å²) in [7, 11) is 0. The summed E-state index contributed by atoms with van der Waals surface area (Å²) in [6.07, 6.45) is 1.68. The molecule has 3 nitrogen and oxygen atoms in total. The van der Waals surface area contributed by atoms with Crippen molar-refractivity contribution in [3.63, 3.8) is 0 Å². The van der Waals surface area contributed by atoms with Gasteiger partial charge in [0, 0.05) is 0 Å². The van der Waals surface area contributed by atoms with Crippen molar-refractivity contribution in [1.29, 1.82) is 0 Å². The van der Waals surface area contributed by atoms with Crippen molar-refractivity contribution in [2.75, 3.05) is 0 Å². The van der Waals surface area contributed by atoms with E-state index < -0.39 is 0 Å². The van der Waals surface area contributed by atoms with Gasteiger partial charge in [0.25, 0.3) is 0 Å². The topological polar surface area (TPSA) is 37.9 Å². The van der Waals surface area contributed by atoms with Gasteiger partial charge in [0.15, 0.2) is 11.6 Å². The van der Waals surface area contributed by atoms with Crippen molar-refractivity contribution < 1.29 is 9.13 Å². The molecule has 0 radical (unpaired) electrons. The summed E-state index contributed by atoms with van der Waals surface area (Å²) in [4.78, 5) is 7.03. The zero-order chi connectivity index (χ0) is 10.7. The summed E-state index contributed by atoms with van der Waals surface area (Å²) >= 11 is 0. The molecule has 78 valence electrons. The maximum absolute atomic E-state index is 13.1. The molecule has 0 amide bonds. The van der Waals surface area contributed by atoms with Crippen LogP contribution in [0, 0.1) is 12.7 Å². The monoisotopic (exact) mass is 206 g/mol. The molecule has 0 aliphatic heterocycles. The number of H-pyrrole nitrogens is 1. The number of hydrogen-bond acceptors (Lipinski definition) is 2. The van der Waals surface area contributed by atoms with E-state index in [1.165, 1.54) is 6.07 Å². The molecular weight excluding hydrogens is 195 g/mol. The van der Waals surface area contributed by atoms with E-state index in [1.54, 1.807) is 24.4 Å². The molecule has 4 heteroatoms. The highest BCUT2D eigenvalue weighted by molar-refractivity contribution is 5.23. The number of aromatic amines is 1. The lowest BCUT2D eigenvalue weighted by Crippen LogP contribution is -1.97. The molecular formula is C11H11FN2O. The number of aryl methyl sites for hydroxylation is 1. The van der Waals surface area contributed by atoms with Crippen LogP contribution in [0.1, 0.15) is 11.5 Å². The smallest absolute Gasteiger partial charge is 0.165 e. The van der Waals surface area contributed by atoms with Crippen LogP contribution in [0.2, 0.25) is 0 Å². The number of aromatic nitrogens is 2. The Hall–Kier alpha value is -1.84. The summed E-state index contributed by atoms with van der Waals surface area (Å²) < 4.78 is 18.4. The molecule has 2 aromatic rings. The molecule has 15 heavy (non-hydrogen) atoms. The van der Waals surface area contributed by atoms with E-state index in [2.05, 4.69) is 9.97 Å². The summed E-state index contributed by atoms with van der Waals surface area (Å²) in [5, 5.41) is 0. The average Bonchev–Trinajstić information content (AvgIpc) is 2.63. The van der Waals surface area contributed by atoms with Crippen molar-refractivity contribution >= 4 is 0 Å². The number of hydrogen-bond donors (Lipinski definition) is 1. The lowest BCUT2D eigenvalue weighted by Gasteiger charge is -2.04. The third-order valence-corrected chi connectivity index (χ3v) is 1.98. The minimum absolute atomic E-state index is 0.254. The van der Waals surface area contributed by atoms with Crippen LogP contribution in [0.3, 0.4) is 0 Å². The molecule has 0 saturated carbocycles. The number of nitrogens with one attached hydrogen (secondary N) is 1. The largest absolute Gasteiger partial charge is 0.484 e. The number of para-hydroxylation sites is 1. The minimum Gasteiger partial charge on any atom is -0.484 e. The minimum atomic E-state index is -0.353. The van der Waals surface area contributed by atoms with E-state index in [0.717, 1.165) is 11.5 Å². The van der Waals surface area contributed by atoms with Crippen LogP contribution in [-0.4, -0.2) is 9.97 Å². The maximum Gasteiger partial charge on any atom is 0.165 e. The number of ether oxygens (including phenoxy) is 1. The quantitative estimate of drug-likeness (QED) is 0.837. The number of nitrogens with zero attached hydrogens (tertiary/aromatic N) is 1. The highest BCUT2D eigenvalue weighted by Crippen LogP contribution is 2.16. The highest BCUT2D eigenvalue weighted by Gasteiger charge is 2.02. The standard InChI is InChI=1S/C11H11FN2O/c1-8-13-6-9(14-8)7-15-11-5-3-2-4-10(11)12/h2-6H,7H2,1H3,(H,13,14). The fourth-order valence-electron chi connectivity index (χ4n) is 1.26. The van der Waals surface area contributed by atoms with Gasteiger partial charge in [-0.1, -0.05) is 12.1 Å². The Bertz CT molecular complexity index is 453. The van der Waals surface area contributed by atoms with E-state index in [1.807, 2.05) is 6.92 Å². The zero-order valence-electron chi connectivity index (χ0n) is 8.33. The van der Waals surface area contributed by atoms with Crippen LogP contribution < -0.4 is 4.74 Å². The summed E-state index contributed by atoms with van der Waals surface area (Å²) in [5.41, 5.74) is 0.829. The molecule has 0 aliphatic carbocycles. The van der Waals surface area contributed by atoms with Crippen LogP contribution in [0.4, 0.5) is 4.39 Å². The Morgan fingerprint density at radius 2 is 2.20 bits per heavy atom. The Labute approximate surface area is 86.9 Å². The van der Waals surface area contributed by atoms with Crippen molar-refractivity contribution in [2.45, 2.75) is 13.5 Å². The van der Waals surface area contributed by atoms with Gasteiger partial charge in [-0.05, 0) is 19.1 Å².